The number of nitrogens with one attached hydrogen (secondary N) is 1. The molecule has 0 saturated carbocycles. The molecular formula is C24H24BF3N6O2S. The lowest BCUT2D eigenvalue weighted by Crippen LogP contribution is -2.38. The smallest absolute Gasteiger partial charge is 0.366 e. The minimum atomic E-state index is -4.61. The number of hydrogen-bond donors (Lipinski definition) is 1. The van der Waals surface area contributed by atoms with Gasteiger partial charge < -0.3 is 5.32 Å². The summed E-state index contributed by atoms with van der Waals surface area (Å²) < 4.78 is 68.5. The third kappa shape index (κ3) is 5.19. The number of pyridine rings is 1. The van der Waals surface area contributed by atoms with Crippen LogP contribution in [0.2, 0.25) is 0 Å². The molecule has 0 unspecified atom stereocenters. The molecule has 1 fully saturated rings. The van der Waals surface area contributed by atoms with E-state index in [2.05, 4.69) is 15.4 Å². The Hall–Kier alpha value is -3.45. The molecule has 0 radical (unpaired) electrons. The minimum absolute atomic E-state index is 0.00815. The average molecular weight is 528 g/mol. The molecule has 1 saturated heterocycles. The number of sulfonamides is 1. The van der Waals surface area contributed by atoms with Crippen LogP contribution >= 0.6 is 0 Å². The van der Waals surface area contributed by atoms with E-state index in [1.165, 1.54) is 10.4 Å². The van der Waals surface area contributed by atoms with Crippen molar-refractivity contribution in [2.45, 2.75) is 36.4 Å². The summed E-state index contributed by atoms with van der Waals surface area (Å²) in [6, 6.07) is 9.64. The fourth-order valence-electron chi connectivity index (χ4n) is 4.50. The maximum Gasteiger partial charge on any atom is 0.416 e. The van der Waals surface area contributed by atoms with Gasteiger partial charge >= 0.3 is 6.18 Å². The van der Waals surface area contributed by atoms with Crippen molar-refractivity contribution in [2.24, 2.45) is 0 Å². The molecule has 37 heavy (non-hydrogen) atoms. The molecule has 1 aliphatic heterocycles. The molecule has 1 N–H and O–H groups in total. The number of rotatable bonds is 6. The van der Waals surface area contributed by atoms with E-state index in [1.54, 1.807) is 23.1 Å². The van der Waals surface area contributed by atoms with E-state index in [4.69, 9.17) is 4.98 Å². The summed E-state index contributed by atoms with van der Waals surface area (Å²) in [5.41, 5.74) is 2.47. The van der Waals surface area contributed by atoms with Crippen LogP contribution in [-0.2, 0) is 22.7 Å². The second-order valence-electron chi connectivity index (χ2n) is 9.05. The number of nitrogens with zero attached hydrogens (tertiary/aromatic N) is 5. The highest BCUT2D eigenvalue weighted by molar-refractivity contribution is 7.89. The number of anilines is 1. The van der Waals surface area contributed by atoms with Crippen molar-refractivity contribution in [1.29, 1.82) is 0 Å². The van der Waals surface area contributed by atoms with Crippen molar-refractivity contribution < 1.29 is 21.6 Å². The van der Waals surface area contributed by atoms with E-state index in [0.717, 1.165) is 34.7 Å². The Kier molecular flexibility index (Phi) is 6.67. The lowest BCUT2D eigenvalue weighted by Gasteiger charge is -2.31. The van der Waals surface area contributed by atoms with E-state index >= 15 is 0 Å². The second kappa shape index (κ2) is 9.79. The predicted octanol–water partition coefficient (Wildman–Crippen LogP) is 2.58. The zero-order valence-electron chi connectivity index (χ0n) is 20.0. The summed E-state index contributed by atoms with van der Waals surface area (Å²) in [7, 11) is -2.12. The molecular weight excluding hydrogens is 504 g/mol. The van der Waals surface area contributed by atoms with Crippen LogP contribution in [0.1, 0.15) is 35.6 Å². The minimum Gasteiger partial charge on any atom is -0.366 e. The van der Waals surface area contributed by atoms with E-state index in [0.29, 0.717) is 31.1 Å². The largest absolute Gasteiger partial charge is 0.416 e. The van der Waals surface area contributed by atoms with Gasteiger partial charge in [-0.15, -0.1) is 0 Å². The van der Waals surface area contributed by atoms with Gasteiger partial charge in [-0.05, 0) is 48.1 Å². The fraction of sp³-hybridized carbons (Fsp3) is 0.292. The maximum absolute atomic E-state index is 13.1. The van der Waals surface area contributed by atoms with E-state index in [-0.39, 0.29) is 23.9 Å². The van der Waals surface area contributed by atoms with Crippen LogP contribution in [0.5, 0.6) is 0 Å². The van der Waals surface area contributed by atoms with Gasteiger partial charge in [-0.3, -0.25) is 4.98 Å². The highest BCUT2D eigenvalue weighted by Crippen LogP contribution is 2.34. The first-order valence-corrected chi connectivity index (χ1v) is 13.2. The maximum atomic E-state index is 13.1. The topological polar surface area (TPSA) is 92.5 Å². The average Bonchev–Trinajstić information content (AvgIpc) is 3.28. The van der Waals surface area contributed by atoms with Crippen molar-refractivity contribution in [3.05, 3.63) is 77.9 Å². The van der Waals surface area contributed by atoms with Gasteiger partial charge in [0.2, 0.25) is 10.0 Å². The van der Waals surface area contributed by atoms with Gasteiger partial charge in [-0.25, -0.2) is 13.4 Å². The predicted molar refractivity (Wildman–Crippen MR) is 135 cm³/mol. The molecule has 3 aromatic heterocycles. The first kappa shape index (κ1) is 25.2. The van der Waals surface area contributed by atoms with Gasteiger partial charge in [0.05, 0.1) is 10.5 Å². The number of benzene rings is 1. The monoisotopic (exact) mass is 528 g/mol. The second-order valence-corrected chi connectivity index (χ2v) is 11.0. The molecule has 0 spiro atoms. The van der Waals surface area contributed by atoms with Crippen LogP contribution in [0.15, 0.2) is 66.0 Å². The van der Waals surface area contributed by atoms with Gasteiger partial charge in [-0.2, -0.15) is 27.1 Å². The van der Waals surface area contributed by atoms with Crippen molar-refractivity contribution in [3.8, 4) is 0 Å². The van der Waals surface area contributed by atoms with Crippen LogP contribution in [0, 0.1) is 0 Å². The number of piperidine rings is 1. The molecule has 1 aromatic carbocycles. The summed E-state index contributed by atoms with van der Waals surface area (Å²) in [5.74, 6) is 0.752. The van der Waals surface area contributed by atoms with Crippen molar-refractivity contribution in [2.75, 3.05) is 18.4 Å². The number of fused-ring (bicyclic) bond motifs is 1. The SMILES string of the molecule is Bc1cnn2c(NCc3cccnc3)cc(C3CCN(S(=O)(=O)c4cccc(C(F)(F)F)c4)CC3)nc12. The number of hydrogen-bond acceptors (Lipinski definition) is 6. The first-order valence-electron chi connectivity index (χ1n) is 11.8. The Morgan fingerprint density at radius 1 is 1.08 bits per heavy atom. The molecule has 0 bridgehead atoms. The number of halogens is 3. The molecule has 0 amide bonds. The van der Waals surface area contributed by atoms with Gasteiger partial charge in [0.15, 0.2) is 5.65 Å². The zero-order valence-corrected chi connectivity index (χ0v) is 20.8. The molecule has 0 aliphatic carbocycles. The normalized spacial score (nSPS) is 15.8. The molecule has 192 valence electrons. The van der Waals surface area contributed by atoms with Crippen LogP contribution in [-0.4, -0.2) is 53.2 Å². The Morgan fingerprint density at radius 2 is 1.86 bits per heavy atom. The van der Waals surface area contributed by atoms with E-state index in [1.807, 2.05) is 26.0 Å². The summed E-state index contributed by atoms with van der Waals surface area (Å²) in [6.07, 6.45) is 1.61. The summed E-state index contributed by atoms with van der Waals surface area (Å²) >= 11 is 0. The van der Waals surface area contributed by atoms with Crippen LogP contribution in [0.25, 0.3) is 5.65 Å². The Bertz CT molecular complexity index is 1520. The van der Waals surface area contributed by atoms with Gasteiger partial charge in [0, 0.05) is 55.9 Å². The van der Waals surface area contributed by atoms with E-state index in [9.17, 15) is 21.6 Å². The van der Waals surface area contributed by atoms with Gasteiger partial charge in [-0.1, -0.05) is 12.1 Å². The molecule has 5 rings (SSSR count). The van der Waals surface area contributed by atoms with Crippen LogP contribution in [0.4, 0.5) is 19.0 Å². The van der Waals surface area contributed by atoms with Crippen molar-refractivity contribution in [1.82, 2.24) is 23.9 Å². The third-order valence-electron chi connectivity index (χ3n) is 6.54. The molecule has 1 aliphatic rings. The third-order valence-corrected chi connectivity index (χ3v) is 8.43. The number of alkyl halides is 3. The summed E-state index contributed by atoms with van der Waals surface area (Å²) in [4.78, 5) is 8.60. The molecule has 13 heteroatoms. The van der Waals surface area contributed by atoms with Gasteiger partial charge in [0.1, 0.15) is 13.7 Å². The zero-order chi connectivity index (χ0) is 26.2. The van der Waals surface area contributed by atoms with Gasteiger partial charge in [0.25, 0.3) is 0 Å². The van der Waals surface area contributed by atoms with E-state index < -0.39 is 21.8 Å². The number of aromatic nitrogens is 4. The lowest BCUT2D eigenvalue weighted by molar-refractivity contribution is -0.137. The quantitative estimate of drug-likeness (QED) is 0.387. The lowest BCUT2D eigenvalue weighted by atomic mass is 9.94. The van der Waals surface area contributed by atoms with Crippen LogP contribution in [0.3, 0.4) is 0 Å². The standard InChI is InChI=1S/C24H24BF3N6O2S/c25-20-15-31-34-22(30-14-16-3-2-8-29-13-16)12-21(32-23(20)34)17-6-9-33(10-7-17)37(35,36)19-5-1-4-18(11-19)24(26,27)28/h1-5,8,11-13,15,17,30H,6-7,9-10,14,25H2. The summed E-state index contributed by atoms with van der Waals surface area (Å²) in [6.45, 7) is 0.915. The van der Waals surface area contributed by atoms with Crippen molar-refractivity contribution >= 4 is 34.8 Å². The highest BCUT2D eigenvalue weighted by atomic mass is 32.2. The molecule has 8 nitrogen and oxygen atoms in total. The Morgan fingerprint density at radius 3 is 2.57 bits per heavy atom. The highest BCUT2D eigenvalue weighted by Gasteiger charge is 2.34. The van der Waals surface area contributed by atoms with Crippen LogP contribution < -0.4 is 10.8 Å². The Balaban J connectivity index is 1.35. The summed E-state index contributed by atoms with van der Waals surface area (Å²) in [5, 5.41) is 7.82. The molecule has 4 aromatic rings. The Labute approximate surface area is 213 Å². The van der Waals surface area contributed by atoms with Crippen molar-refractivity contribution in [3.63, 3.8) is 0 Å². The molecule has 4 heterocycles. The molecule has 0 atom stereocenters. The first-order chi connectivity index (χ1) is 17.6. The fourth-order valence-corrected chi connectivity index (χ4v) is 6.01.